The number of amides is 1. The van der Waals surface area contributed by atoms with E-state index in [9.17, 15) is 14.0 Å². The molecule has 1 aromatic heterocycles. The van der Waals surface area contributed by atoms with Crippen molar-refractivity contribution >= 4 is 34.2 Å². The van der Waals surface area contributed by atoms with Gasteiger partial charge < -0.3 is 9.73 Å². The highest BCUT2D eigenvalue weighted by molar-refractivity contribution is 6.34. The molecule has 0 bridgehead atoms. The van der Waals surface area contributed by atoms with E-state index < -0.39 is 17.3 Å². The summed E-state index contributed by atoms with van der Waals surface area (Å²) in [6.07, 6.45) is 0. The minimum absolute atomic E-state index is 0.0353. The first-order chi connectivity index (χ1) is 11.4. The molecular formula is C18H13ClFNO3. The molecule has 1 N–H and O–H groups in total. The summed E-state index contributed by atoms with van der Waals surface area (Å²) in [7, 11) is 0. The summed E-state index contributed by atoms with van der Waals surface area (Å²) in [5.41, 5.74) is 1.67. The van der Waals surface area contributed by atoms with Crippen LogP contribution in [0.3, 0.4) is 0 Å². The first-order valence-electron chi connectivity index (χ1n) is 7.17. The SMILES string of the molecule is Cc1cc2oc(=O)cc(C)c2cc1NC(=O)c1c(F)cccc1Cl. The average molecular weight is 346 g/mol. The molecule has 0 aliphatic heterocycles. The van der Waals surface area contributed by atoms with Gasteiger partial charge in [0.15, 0.2) is 0 Å². The minimum Gasteiger partial charge on any atom is -0.423 e. The Morgan fingerprint density at radius 3 is 2.62 bits per heavy atom. The zero-order valence-corrected chi connectivity index (χ0v) is 13.7. The van der Waals surface area contributed by atoms with E-state index >= 15 is 0 Å². The Kier molecular flexibility index (Phi) is 4.11. The van der Waals surface area contributed by atoms with E-state index in [2.05, 4.69) is 5.32 Å². The molecule has 3 aromatic rings. The van der Waals surface area contributed by atoms with Crippen molar-refractivity contribution in [1.29, 1.82) is 0 Å². The zero-order valence-electron chi connectivity index (χ0n) is 12.9. The van der Waals surface area contributed by atoms with Crippen molar-refractivity contribution in [3.8, 4) is 0 Å². The van der Waals surface area contributed by atoms with Crippen LogP contribution in [0.5, 0.6) is 0 Å². The third-order valence-electron chi connectivity index (χ3n) is 3.73. The molecule has 0 spiro atoms. The van der Waals surface area contributed by atoms with Gasteiger partial charge in [0, 0.05) is 17.1 Å². The van der Waals surface area contributed by atoms with Gasteiger partial charge in [-0.3, -0.25) is 4.79 Å². The van der Waals surface area contributed by atoms with Crippen molar-refractivity contribution in [2.45, 2.75) is 13.8 Å². The van der Waals surface area contributed by atoms with Crippen LogP contribution in [0.25, 0.3) is 11.0 Å². The molecule has 2 aromatic carbocycles. The van der Waals surface area contributed by atoms with Crippen LogP contribution in [-0.2, 0) is 0 Å². The summed E-state index contributed by atoms with van der Waals surface area (Å²) in [5, 5.41) is 3.38. The molecule has 3 rings (SSSR count). The molecule has 122 valence electrons. The number of anilines is 1. The Bertz CT molecular complexity index is 1010. The van der Waals surface area contributed by atoms with Crippen molar-refractivity contribution in [2.75, 3.05) is 5.32 Å². The fraction of sp³-hybridized carbons (Fsp3) is 0.111. The normalized spacial score (nSPS) is 10.8. The van der Waals surface area contributed by atoms with Crippen LogP contribution in [0.4, 0.5) is 10.1 Å². The van der Waals surface area contributed by atoms with Crippen LogP contribution in [-0.4, -0.2) is 5.91 Å². The van der Waals surface area contributed by atoms with Gasteiger partial charge in [-0.25, -0.2) is 9.18 Å². The molecule has 0 atom stereocenters. The summed E-state index contributed by atoms with van der Waals surface area (Å²) >= 11 is 5.92. The third kappa shape index (κ3) is 2.90. The first-order valence-corrected chi connectivity index (χ1v) is 7.55. The predicted octanol–water partition coefficient (Wildman–Crippen LogP) is 4.45. The largest absolute Gasteiger partial charge is 0.423 e. The fourth-order valence-corrected chi connectivity index (χ4v) is 2.75. The summed E-state index contributed by atoms with van der Waals surface area (Å²) in [4.78, 5) is 23.8. The smallest absolute Gasteiger partial charge is 0.336 e. The highest BCUT2D eigenvalue weighted by atomic mass is 35.5. The monoisotopic (exact) mass is 345 g/mol. The van der Waals surface area contributed by atoms with E-state index in [1.807, 2.05) is 0 Å². The molecule has 0 saturated heterocycles. The Morgan fingerprint density at radius 2 is 1.92 bits per heavy atom. The Balaban J connectivity index is 2.06. The number of benzene rings is 2. The number of carbonyl (C=O) groups is 1. The molecule has 0 unspecified atom stereocenters. The zero-order chi connectivity index (χ0) is 17.4. The van der Waals surface area contributed by atoms with E-state index in [0.717, 1.165) is 5.56 Å². The summed E-state index contributed by atoms with van der Waals surface area (Å²) in [5.74, 6) is -1.34. The highest BCUT2D eigenvalue weighted by Gasteiger charge is 2.17. The maximum absolute atomic E-state index is 13.9. The van der Waals surface area contributed by atoms with Crippen LogP contribution in [0.15, 0.2) is 45.6 Å². The Labute approximate surface area is 141 Å². The number of hydrogen-bond acceptors (Lipinski definition) is 3. The lowest BCUT2D eigenvalue weighted by atomic mass is 10.1. The maximum Gasteiger partial charge on any atom is 0.336 e. The first kappa shape index (κ1) is 16.2. The standard InChI is InChI=1S/C18H13ClFNO3/c1-9-7-16(22)24-15-6-10(2)14(8-11(9)15)21-18(23)17-12(19)4-3-5-13(17)20/h3-8H,1-2H3,(H,21,23). The van der Waals surface area contributed by atoms with Crippen molar-refractivity contribution in [3.63, 3.8) is 0 Å². The second-order valence-electron chi connectivity index (χ2n) is 5.46. The van der Waals surface area contributed by atoms with Crippen molar-refractivity contribution < 1.29 is 13.6 Å². The van der Waals surface area contributed by atoms with Crippen LogP contribution in [0, 0.1) is 19.7 Å². The van der Waals surface area contributed by atoms with Gasteiger partial charge >= 0.3 is 5.63 Å². The molecule has 4 nitrogen and oxygen atoms in total. The topological polar surface area (TPSA) is 59.3 Å². The van der Waals surface area contributed by atoms with Gasteiger partial charge in [0.1, 0.15) is 11.4 Å². The second-order valence-corrected chi connectivity index (χ2v) is 5.87. The number of nitrogens with one attached hydrogen (secondary N) is 1. The summed E-state index contributed by atoms with van der Waals surface area (Å²) < 4.78 is 19.0. The van der Waals surface area contributed by atoms with E-state index in [0.29, 0.717) is 22.2 Å². The van der Waals surface area contributed by atoms with Crippen molar-refractivity contribution in [3.05, 3.63) is 74.3 Å². The number of aryl methyl sites for hydroxylation is 2. The van der Waals surface area contributed by atoms with Crippen LogP contribution >= 0.6 is 11.6 Å². The van der Waals surface area contributed by atoms with Crippen molar-refractivity contribution in [2.24, 2.45) is 0 Å². The molecule has 0 radical (unpaired) electrons. The molecule has 1 amide bonds. The average Bonchev–Trinajstić information content (AvgIpc) is 2.48. The lowest BCUT2D eigenvalue weighted by Crippen LogP contribution is -2.15. The van der Waals surface area contributed by atoms with Crippen LogP contribution < -0.4 is 10.9 Å². The molecule has 24 heavy (non-hydrogen) atoms. The van der Waals surface area contributed by atoms with E-state index in [-0.39, 0.29) is 10.6 Å². The Hall–Kier alpha value is -2.66. The number of fused-ring (bicyclic) bond motifs is 1. The van der Waals surface area contributed by atoms with Gasteiger partial charge in [0.25, 0.3) is 5.91 Å². The van der Waals surface area contributed by atoms with E-state index in [4.69, 9.17) is 16.0 Å². The van der Waals surface area contributed by atoms with Gasteiger partial charge in [-0.1, -0.05) is 17.7 Å². The van der Waals surface area contributed by atoms with Gasteiger partial charge in [-0.05, 0) is 49.2 Å². The molecule has 0 saturated carbocycles. The number of halogens is 2. The van der Waals surface area contributed by atoms with Crippen LogP contribution in [0.2, 0.25) is 5.02 Å². The lowest BCUT2D eigenvalue weighted by molar-refractivity contribution is 0.102. The van der Waals surface area contributed by atoms with Gasteiger partial charge in [0.05, 0.1) is 10.6 Å². The number of rotatable bonds is 2. The van der Waals surface area contributed by atoms with E-state index in [1.165, 1.54) is 24.3 Å². The quantitative estimate of drug-likeness (QED) is 0.698. The maximum atomic E-state index is 13.9. The minimum atomic E-state index is -0.694. The molecule has 1 heterocycles. The molecule has 0 fully saturated rings. The number of carbonyl (C=O) groups excluding carboxylic acids is 1. The van der Waals surface area contributed by atoms with Gasteiger partial charge in [-0.15, -0.1) is 0 Å². The van der Waals surface area contributed by atoms with Gasteiger partial charge in [0.2, 0.25) is 0 Å². The second kappa shape index (κ2) is 6.09. The van der Waals surface area contributed by atoms with Crippen molar-refractivity contribution in [1.82, 2.24) is 0 Å². The van der Waals surface area contributed by atoms with Gasteiger partial charge in [-0.2, -0.15) is 0 Å². The fourth-order valence-electron chi connectivity index (χ4n) is 2.50. The highest BCUT2D eigenvalue weighted by Crippen LogP contribution is 2.27. The summed E-state index contributed by atoms with van der Waals surface area (Å²) in [6, 6.07) is 8.77. The Morgan fingerprint density at radius 1 is 1.17 bits per heavy atom. The molecule has 0 aliphatic carbocycles. The van der Waals surface area contributed by atoms with E-state index in [1.54, 1.807) is 26.0 Å². The predicted molar refractivity (Wildman–Crippen MR) is 91.3 cm³/mol. The third-order valence-corrected chi connectivity index (χ3v) is 4.05. The molecule has 0 aliphatic rings. The number of hydrogen-bond donors (Lipinski definition) is 1. The lowest BCUT2D eigenvalue weighted by Gasteiger charge is -2.12. The molecular weight excluding hydrogens is 333 g/mol. The van der Waals surface area contributed by atoms with Crippen LogP contribution in [0.1, 0.15) is 21.5 Å². The summed E-state index contributed by atoms with van der Waals surface area (Å²) in [6.45, 7) is 3.52. The molecule has 6 heteroatoms.